The second kappa shape index (κ2) is 10.2. The zero-order valence-corrected chi connectivity index (χ0v) is 21.4. The quantitative estimate of drug-likeness (QED) is 0.339. The van der Waals surface area contributed by atoms with Crippen LogP contribution in [0, 0.1) is 11.3 Å². The predicted molar refractivity (Wildman–Crippen MR) is 148 cm³/mol. The van der Waals surface area contributed by atoms with E-state index in [-0.39, 0.29) is 22.9 Å². The third-order valence-corrected chi connectivity index (χ3v) is 7.04. The Hall–Kier alpha value is -4.88. The lowest BCUT2D eigenvalue weighted by Gasteiger charge is -2.21. The molecule has 0 saturated carbocycles. The maximum absolute atomic E-state index is 14.2. The van der Waals surface area contributed by atoms with E-state index in [0.29, 0.717) is 27.3 Å². The van der Waals surface area contributed by atoms with Gasteiger partial charge in [0.1, 0.15) is 23.3 Å². The van der Waals surface area contributed by atoms with Crippen molar-refractivity contribution in [2.45, 2.75) is 17.9 Å². The Labute approximate surface area is 221 Å². The molecule has 0 bridgehead atoms. The number of nitrogens with one attached hydrogen (secondary N) is 1. The first-order chi connectivity index (χ1) is 18.4. The molecule has 10 heteroatoms. The average Bonchev–Trinajstić information content (AvgIpc) is 2.93. The molecule has 0 aliphatic rings. The molecule has 0 radical (unpaired) electrons. The number of nitrogens with two attached hydrogens (primary N) is 1. The van der Waals surface area contributed by atoms with Crippen LogP contribution in [-0.4, -0.2) is 30.0 Å². The van der Waals surface area contributed by atoms with E-state index in [0.717, 1.165) is 11.1 Å². The van der Waals surface area contributed by atoms with Crippen molar-refractivity contribution in [2.24, 2.45) is 0 Å². The molecule has 2 heterocycles. The van der Waals surface area contributed by atoms with Crippen LogP contribution in [0.2, 0.25) is 0 Å². The number of aromatic nitrogens is 4. The maximum atomic E-state index is 14.2. The Kier molecular flexibility index (Phi) is 6.68. The molecular weight excluding hydrogens is 498 g/mol. The van der Waals surface area contributed by atoms with E-state index in [1.807, 2.05) is 61.5 Å². The highest BCUT2D eigenvalue weighted by Crippen LogP contribution is 2.29. The van der Waals surface area contributed by atoms with Crippen molar-refractivity contribution in [1.82, 2.24) is 19.5 Å². The molecule has 9 nitrogen and oxygen atoms in total. The van der Waals surface area contributed by atoms with Crippen LogP contribution in [0.3, 0.4) is 0 Å². The Morgan fingerprint density at radius 1 is 1.03 bits per heavy atom. The molecule has 0 aliphatic heterocycles. The first-order valence-electron chi connectivity index (χ1n) is 11.7. The third-order valence-electron chi connectivity index (χ3n) is 6.10. The van der Waals surface area contributed by atoms with Gasteiger partial charge in [-0.3, -0.25) is 13.6 Å². The van der Waals surface area contributed by atoms with E-state index in [1.165, 1.54) is 6.20 Å². The van der Waals surface area contributed by atoms with Crippen molar-refractivity contribution in [2.75, 3.05) is 17.3 Å². The molecule has 5 aromatic rings. The zero-order valence-electron chi connectivity index (χ0n) is 20.6. The van der Waals surface area contributed by atoms with Gasteiger partial charge >= 0.3 is 0 Å². The summed E-state index contributed by atoms with van der Waals surface area (Å²) in [6.07, 6.45) is 2.97. The molecule has 38 heavy (non-hydrogen) atoms. The smallest absolute Gasteiger partial charge is 0.266 e. The number of hydrogen-bond donors (Lipinski definition) is 2. The second-order valence-electron chi connectivity index (χ2n) is 8.59. The van der Waals surface area contributed by atoms with Gasteiger partial charge in [-0.25, -0.2) is 9.97 Å². The summed E-state index contributed by atoms with van der Waals surface area (Å²) in [5.41, 5.74) is 8.44. The van der Waals surface area contributed by atoms with Crippen LogP contribution >= 0.6 is 0 Å². The van der Waals surface area contributed by atoms with Gasteiger partial charge < -0.3 is 11.1 Å². The number of benzene rings is 3. The zero-order chi connectivity index (χ0) is 26.8. The first kappa shape index (κ1) is 24.8. The standard InChI is InChI=1S/C28H23N7O2S/c1-17(32-25-19(15-29)16-31-28(30)34-25)26-33-23-10-6-9-22(18-11-13-21(14-12-18)38(2)37)24(23)27(36)35(26)20-7-4-3-5-8-20/h3-14,16-17H,1-2H3,(H3,30,31,32,34). The highest BCUT2D eigenvalue weighted by atomic mass is 32.2. The number of nitrogen functional groups attached to an aromatic ring is 1. The number of anilines is 2. The van der Waals surface area contributed by atoms with Crippen LogP contribution < -0.4 is 16.6 Å². The van der Waals surface area contributed by atoms with Crippen molar-refractivity contribution < 1.29 is 4.21 Å². The summed E-state index contributed by atoms with van der Waals surface area (Å²) in [4.78, 5) is 27.9. The number of para-hydroxylation sites is 1. The SMILES string of the molecule is CC(Nc1nc(N)ncc1C#N)c1nc2cccc(-c3ccc(S(C)=O)cc3)c2c(=O)n1-c1ccccc1. The molecule has 0 spiro atoms. The van der Waals surface area contributed by atoms with Gasteiger partial charge in [-0.05, 0) is 48.4 Å². The first-order valence-corrected chi connectivity index (χ1v) is 13.3. The summed E-state index contributed by atoms with van der Waals surface area (Å²) in [7, 11) is -1.11. The fourth-order valence-electron chi connectivity index (χ4n) is 4.29. The molecule has 188 valence electrons. The van der Waals surface area contributed by atoms with Crippen LogP contribution in [0.25, 0.3) is 27.7 Å². The Morgan fingerprint density at radius 2 is 1.76 bits per heavy atom. The van der Waals surface area contributed by atoms with Crippen molar-refractivity contribution in [3.8, 4) is 22.9 Å². The number of rotatable bonds is 6. The molecule has 0 saturated heterocycles. The second-order valence-corrected chi connectivity index (χ2v) is 9.97. The van der Waals surface area contributed by atoms with Crippen LogP contribution in [-0.2, 0) is 10.8 Å². The van der Waals surface area contributed by atoms with Gasteiger partial charge in [-0.1, -0.05) is 42.5 Å². The number of fused-ring (bicyclic) bond motifs is 1. The molecule has 5 rings (SSSR count). The molecule has 2 aromatic heterocycles. The Balaban J connectivity index is 1.72. The molecule has 3 N–H and O–H groups in total. The van der Waals surface area contributed by atoms with Crippen molar-refractivity contribution in [3.63, 3.8) is 0 Å². The summed E-state index contributed by atoms with van der Waals surface area (Å²) >= 11 is 0. The van der Waals surface area contributed by atoms with Crippen LogP contribution in [0.5, 0.6) is 0 Å². The van der Waals surface area contributed by atoms with E-state index in [4.69, 9.17) is 10.7 Å². The van der Waals surface area contributed by atoms with E-state index < -0.39 is 16.8 Å². The molecule has 2 unspecified atom stereocenters. The number of nitriles is 1. The predicted octanol–water partition coefficient (Wildman–Crippen LogP) is 4.21. The van der Waals surface area contributed by atoms with E-state index in [9.17, 15) is 14.3 Å². The third kappa shape index (κ3) is 4.63. The van der Waals surface area contributed by atoms with Gasteiger partial charge in [0, 0.05) is 22.0 Å². The van der Waals surface area contributed by atoms with Crippen LogP contribution in [0.15, 0.2) is 88.7 Å². The van der Waals surface area contributed by atoms with Gasteiger partial charge in [0.2, 0.25) is 5.95 Å². The normalized spacial score (nSPS) is 12.6. The minimum absolute atomic E-state index is 0.0215. The van der Waals surface area contributed by atoms with E-state index in [1.54, 1.807) is 29.0 Å². The lowest BCUT2D eigenvalue weighted by Crippen LogP contribution is -2.28. The van der Waals surface area contributed by atoms with Crippen LogP contribution in [0.4, 0.5) is 11.8 Å². The van der Waals surface area contributed by atoms with E-state index >= 15 is 0 Å². The number of hydrogen-bond acceptors (Lipinski definition) is 8. The lowest BCUT2D eigenvalue weighted by molar-refractivity contribution is 0.687. The molecule has 0 fully saturated rings. The van der Waals surface area contributed by atoms with Crippen molar-refractivity contribution in [3.05, 3.63) is 101 Å². The largest absolute Gasteiger partial charge is 0.368 e. The summed E-state index contributed by atoms with van der Waals surface area (Å²) in [5.74, 6) is 0.709. The maximum Gasteiger partial charge on any atom is 0.266 e. The lowest BCUT2D eigenvalue weighted by atomic mass is 10.0. The molecule has 2 atom stereocenters. The summed E-state index contributed by atoms with van der Waals surface area (Å²) in [6.45, 7) is 1.83. The van der Waals surface area contributed by atoms with Crippen LogP contribution in [0.1, 0.15) is 24.4 Å². The molecule has 3 aromatic carbocycles. The highest BCUT2D eigenvalue weighted by molar-refractivity contribution is 7.84. The van der Waals surface area contributed by atoms with Gasteiger partial charge in [-0.2, -0.15) is 10.2 Å². The fourth-order valence-corrected chi connectivity index (χ4v) is 4.81. The Bertz CT molecular complexity index is 1780. The molecular formula is C28H23N7O2S. The molecule has 0 aliphatic carbocycles. The Morgan fingerprint density at radius 3 is 2.45 bits per heavy atom. The highest BCUT2D eigenvalue weighted by Gasteiger charge is 2.21. The van der Waals surface area contributed by atoms with Gasteiger partial charge in [-0.15, -0.1) is 0 Å². The monoisotopic (exact) mass is 521 g/mol. The van der Waals surface area contributed by atoms with Crippen molar-refractivity contribution in [1.29, 1.82) is 5.26 Å². The average molecular weight is 522 g/mol. The minimum atomic E-state index is -1.11. The summed E-state index contributed by atoms with van der Waals surface area (Å²) in [6, 6.07) is 23.6. The van der Waals surface area contributed by atoms with E-state index in [2.05, 4.69) is 21.4 Å². The summed E-state index contributed by atoms with van der Waals surface area (Å²) in [5, 5.41) is 13.1. The van der Waals surface area contributed by atoms with Crippen molar-refractivity contribution >= 4 is 33.5 Å². The summed E-state index contributed by atoms with van der Waals surface area (Å²) < 4.78 is 13.4. The topological polar surface area (TPSA) is 140 Å². The minimum Gasteiger partial charge on any atom is -0.368 e. The van der Waals surface area contributed by atoms with Gasteiger partial charge in [0.05, 0.1) is 28.8 Å². The fraction of sp³-hybridized carbons (Fsp3) is 0.107. The van der Waals surface area contributed by atoms with Gasteiger partial charge in [0.25, 0.3) is 5.56 Å². The number of nitrogens with zero attached hydrogens (tertiary/aromatic N) is 5. The van der Waals surface area contributed by atoms with Gasteiger partial charge in [0.15, 0.2) is 0 Å². The molecule has 0 amide bonds.